The summed E-state index contributed by atoms with van der Waals surface area (Å²) in [6.07, 6.45) is 0.496. The zero-order valence-corrected chi connectivity index (χ0v) is 24.8. The largest absolute Gasteiger partial charge is 0.411 e. The van der Waals surface area contributed by atoms with Crippen LogP contribution in [-0.2, 0) is 13.3 Å². The van der Waals surface area contributed by atoms with Gasteiger partial charge in [-0.2, -0.15) is 0 Å². The Morgan fingerprint density at radius 1 is 0.724 bits per heavy atom. The Labute approximate surface area is 184 Å². The maximum Gasteiger partial charge on any atom is 0.192 e. The molecule has 7 heteroatoms. The minimum atomic E-state index is -2.03. The zero-order valence-electron chi connectivity index (χ0n) is 21.8. The fraction of sp³-hybridized carbons (Fsp3) is 1.00. The number of hydrogen-bond donors (Lipinski definition) is 1. The highest BCUT2D eigenvalue weighted by molar-refractivity contribution is 6.74. The summed E-state index contributed by atoms with van der Waals surface area (Å²) in [6, 6.07) is 0. The van der Waals surface area contributed by atoms with Gasteiger partial charge < -0.3 is 18.4 Å². The minimum Gasteiger partial charge on any atom is -0.411 e. The first-order valence-corrected chi connectivity index (χ1v) is 20.5. The van der Waals surface area contributed by atoms with Crippen molar-refractivity contribution in [3.8, 4) is 0 Å². The molecule has 0 aliphatic heterocycles. The van der Waals surface area contributed by atoms with Crippen molar-refractivity contribution in [2.75, 3.05) is 0 Å². The second kappa shape index (κ2) is 8.45. The summed E-state index contributed by atoms with van der Waals surface area (Å²) in [6.45, 7) is 31.6. The second-order valence-electron chi connectivity index (χ2n) is 13.3. The van der Waals surface area contributed by atoms with E-state index in [9.17, 15) is 5.11 Å². The predicted octanol–water partition coefficient (Wildman–Crippen LogP) is 6.53. The highest BCUT2D eigenvalue weighted by Gasteiger charge is 2.55. The minimum absolute atomic E-state index is 0.102. The summed E-state index contributed by atoms with van der Waals surface area (Å²) in [7, 11) is -5.94. The van der Waals surface area contributed by atoms with Crippen LogP contribution in [0.1, 0.15) is 61.3 Å². The Balaban J connectivity index is 3.39. The van der Waals surface area contributed by atoms with Gasteiger partial charge in [0.15, 0.2) is 25.0 Å². The van der Waals surface area contributed by atoms with Gasteiger partial charge in [-0.15, -0.1) is 0 Å². The molecule has 0 spiro atoms. The fourth-order valence-corrected chi connectivity index (χ4v) is 7.82. The van der Waals surface area contributed by atoms with E-state index in [0.717, 1.165) is 0 Å². The summed E-state index contributed by atoms with van der Waals surface area (Å²) < 4.78 is 20.7. The Morgan fingerprint density at radius 3 is 1.28 bits per heavy atom. The van der Waals surface area contributed by atoms with Gasteiger partial charge in [0.1, 0.15) is 5.60 Å². The van der Waals surface area contributed by atoms with Gasteiger partial charge in [0.05, 0.1) is 18.3 Å². The van der Waals surface area contributed by atoms with Gasteiger partial charge in [-0.1, -0.05) is 41.5 Å². The van der Waals surface area contributed by atoms with E-state index in [4.69, 9.17) is 13.3 Å². The summed E-state index contributed by atoms with van der Waals surface area (Å²) in [5.74, 6) is 0. The third kappa shape index (κ3) is 6.73. The molecule has 4 nitrogen and oxygen atoms in total. The lowest BCUT2D eigenvalue weighted by Crippen LogP contribution is -2.66. The van der Waals surface area contributed by atoms with Crippen molar-refractivity contribution in [3.63, 3.8) is 0 Å². The standard InChI is InChI=1S/C22H50O4Si3/c1-20(2,3)28(11,12)24-18-15-17(23)16-19(22(18,7)26-27(8,9)10)25-29(13,14)21(4,5)6/h17-19,23H,15-16H2,1-14H3/t17?,18-,19-,22?/m1/s1. The highest BCUT2D eigenvalue weighted by atomic mass is 28.4. The van der Waals surface area contributed by atoms with Crippen molar-refractivity contribution in [2.24, 2.45) is 0 Å². The Morgan fingerprint density at radius 2 is 1.03 bits per heavy atom. The summed E-state index contributed by atoms with van der Waals surface area (Å²) in [4.78, 5) is 0. The third-order valence-electron chi connectivity index (χ3n) is 7.26. The molecule has 1 N–H and O–H groups in total. The molecule has 0 radical (unpaired) electrons. The van der Waals surface area contributed by atoms with Crippen molar-refractivity contribution in [2.45, 2.75) is 141 Å². The molecule has 1 aliphatic rings. The van der Waals surface area contributed by atoms with Crippen LogP contribution in [0.15, 0.2) is 0 Å². The summed E-state index contributed by atoms with van der Waals surface area (Å²) in [5.41, 5.74) is -0.547. The molecule has 2 atom stereocenters. The van der Waals surface area contributed by atoms with Crippen LogP contribution in [0.25, 0.3) is 0 Å². The average Bonchev–Trinajstić information content (AvgIpc) is 2.39. The smallest absolute Gasteiger partial charge is 0.192 e. The molecule has 174 valence electrons. The molecular weight excluding hydrogens is 412 g/mol. The molecular formula is C22H50O4Si3. The molecule has 0 unspecified atom stereocenters. The first-order valence-electron chi connectivity index (χ1n) is 11.3. The summed E-state index contributed by atoms with van der Waals surface area (Å²) >= 11 is 0. The molecule has 0 amide bonds. The quantitative estimate of drug-likeness (QED) is 0.456. The van der Waals surface area contributed by atoms with Gasteiger partial charge in [0, 0.05) is 12.8 Å². The van der Waals surface area contributed by atoms with Gasteiger partial charge in [-0.3, -0.25) is 0 Å². The normalized spacial score (nSPS) is 30.5. The zero-order chi connectivity index (χ0) is 23.3. The van der Waals surface area contributed by atoms with E-state index in [2.05, 4.69) is 94.3 Å². The number of aliphatic hydroxyl groups is 1. The van der Waals surface area contributed by atoms with Gasteiger partial charge in [0.2, 0.25) is 0 Å². The van der Waals surface area contributed by atoms with E-state index in [1.807, 2.05) is 0 Å². The van der Waals surface area contributed by atoms with Crippen LogP contribution in [0.3, 0.4) is 0 Å². The molecule has 1 saturated carbocycles. The maximum atomic E-state index is 10.8. The van der Waals surface area contributed by atoms with Crippen LogP contribution >= 0.6 is 0 Å². The van der Waals surface area contributed by atoms with Gasteiger partial charge in [0.25, 0.3) is 0 Å². The topological polar surface area (TPSA) is 47.9 Å². The number of hydrogen-bond acceptors (Lipinski definition) is 4. The first-order chi connectivity index (χ1) is 12.5. The summed E-state index contributed by atoms with van der Waals surface area (Å²) in [5, 5.41) is 11.0. The molecule has 1 fully saturated rings. The van der Waals surface area contributed by atoms with Crippen LogP contribution in [0.2, 0.25) is 55.9 Å². The highest BCUT2D eigenvalue weighted by Crippen LogP contribution is 2.46. The molecule has 0 heterocycles. The van der Waals surface area contributed by atoms with E-state index >= 15 is 0 Å². The van der Waals surface area contributed by atoms with Crippen LogP contribution < -0.4 is 0 Å². The van der Waals surface area contributed by atoms with Gasteiger partial charge >= 0.3 is 0 Å². The number of aliphatic hydroxyl groups excluding tert-OH is 1. The van der Waals surface area contributed by atoms with E-state index < -0.39 is 36.7 Å². The Kier molecular flexibility index (Phi) is 8.02. The lowest BCUT2D eigenvalue weighted by atomic mass is 9.80. The van der Waals surface area contributed by atoms with Crippen LogP contribution in [0.5, 0.6) is 0 Å². The van der Waals surface area contributed by atoms with Gasteiger partial charge in [-0.25, -0.2) is 0 Å². The molecule has 0 aromatic heterocycles. The second-order valence-corrected chi connectivity index (χ2v) is 27.2. The molecule has 1 aliphatic carbocycles. The van der Waals surface area contributed by atoms with E-state index in [1.54, 1.807) is 0 Å². The van der Waals surface area contributed by atoms with Crippen molar-refractivity contribution in [1.29, 1.82) is 0 Å². The van der Waals surface area contributed by atoms with Crippen LogP contribution in [0, 0.1) is 0 Å². The molecule has 0 aromatic carbocycles. The van der Waals surface area contributed by atoms with E-state index in [-0.39, 0.29) is 22.3 Å². The van der Waals surface area contributed by atoms with E-state index in [1.165, 1.54) is 0 Å². The molecule has 0 aromatic rings. The fourth-order valence-electron chi connectivity index (χ4n) is 3.45. The van der Waals surface area contributed by atoms with Gasteiger partial charge in [-0.05, 0) is 62.8 Å². The average molecular weight is 463 g/mol. The van der Waals surface area contributed by atoms with Crippen molar-refractivity contribution in [1.82, 2.24) is 0 Å². The van der Waals surface area contributed by atoms with Crippen LogP contribution in [-0.4, -0.2) is 54.0 Å². The van der Waals surface area contributed by atoms with Crippen LogP contribution in [0.4, 0.5) is 0 Å². The SMILES string of the molecule is CC1(O[Si](C)(C)C)[C@H](O[Si](C)(C)C(C)(C)C)CC(O)C[C@H]1O[Si](C)(C)C(C)(C)C. The lowest BCUT2D eigenvalue weighted by molar-refractivity contribution is -0.158. The predicted molar refractivity (Wildman–Crippen MR) is 132 cm³/mol. The van der Waals surface area contributed by atoms with Crippen molar-refractivity contribution >= 4 is 25.0 Å². The molecule has 1 rings (SSSR count). The maximum absolute atomic E-state index is 10.8. The molecule has 29 heavy (non-hydrogen) atoms. The monoisotopic (exact) mass is 462 g/mol. The first kappa shape index (κ1) is 27.5. The molecule has 0 saturated heterocycles. The van der Waals surface area contributed by atoms with Crippen molar-refractivity contribution in [3.05, 3.63) is 0 Å². The Bertz CT molecular complexity index is 518. The van der Waals surface area contributed by atoms with E-state index in [0.29, 0.717) is 12.8 Å². The third-order valence-corrected chi connectivity index (χ3v) is 17.3. The lowest BCUT2D eigenvalue weighted by Gasteiger charge is -2.55. The van der Waals surface area contributed by atoms with Crippen molar-refractivity contribution < 1.29 is 18.4 Å². The Hall–Kier alpha value is 0.491. The molecule has 0 bridgehead atoms. The number of rotatable bonds is 6.